The van der Waals surface area contributed by atoms with Crippen molar-refractivity contribution in [3.05, 3.63) is 39.7 Å². The Bertz CT molecular complexity index is 420. The average molecular weight is 244 g/mol. The van der Waals surface area contributed by atoms with Crippen molar-refractivity contribution < 1.29 is 9.31 Å². The largest absolute Gasteiger partial charge is 0.272 e. The molecule has 3 nitrogen and oxygen atoms in total. The number of alkyl halides is 1. The Morgan fingerprint density at radius 1 is 1.56 bits per heavy atom. The first-order valence-corrected chi connectivity index (χ1v) is 5.58. The second kappa shape index (κ2) is 4.37. The molecular weight excluding hydrogens is 233 g/mol. The van der Waals surface area contributed by atoms with Crippen LogP contribution in [0, 0.1) is 21.8 Å². The lowest BCUT2D eigenvalue weighted by Gasteiger charge is -2.08. The van der Waals surface area contributed by atoms with Crippen molar-refractivity contribution >= 4 is 17.3 Å². The van der Waals surface area contributed by atoms with E-state index in [2.05, 4.69) is 0 Å². The molecule has 2 rings (SSSR count). The molecule has 0 saturated heterocycles. The molecule has 1 saturated carbocycles. The van der Waals surface area contributed by atoms with Crippen LogP contribution < -0.4 is 0 Å². The summed E-state index contributed by atoms with van der Waals surface area (Å²) >= 11 is 6.10. The van der Waals surface area contributed by atoms with Gasteiger partial charge in [0, 0.05) is 17.0 Å². The molecule has 1 fully saturated rings. The van der Waals surface area contributed by atoms with Crippen LogP contribution in [0.1, 0.15) is 18.4 Å². The zero-order valence-corrected chi connectivity index (χ0v) is 9.28. The topological polar surface area (TPSA) is 43.1 Å². The summed E-state index contributed by atoms with van der Waals surface area (Å²) in [7, 11) is 0. The van der Waals surface area contributed by atoms with E-state index in [4.69, 9.17) is 11.6 Å². The molecule has 1 aromatic carbocycles. The molecule has 0 aromatic heterocycles. The molecule has 5 heteroatoms. The van der Waals surface area contributed by atoms with Gasteiger partial charge in [-0.15, -0.1) is 11.6 Å². The Balaban J connectivity index is 2.22. The summed E-state index contributed by atoms with van der Waals surface area (Å²) in [5.74, 6) is -0.0233. The number of benzene rings is 1. The zero-order chi connectivity index (χ0) is 11.7. The summed E-state index contributed by atoms with van der Waals surface area (Å²) in [4.78, 5) is 10.2. The summed E-state index contributed by atoms with van der Waals surface area (Å²) in [6.07, 6.45) is 2.49. The fourth-order valence-corrected chi connectivity index (χ4v) is 2.15. The van der Waals surface area contributed by atoms with Gasteiger partial charge in [0.1, 0.15) is 5.82 Å². The van der Waals surface area contributed by atoms with Gasteiger partial charge in [0.2, 0.25) is 0 Å². The molecule has 0 heterocycles. The van der Waals surface area contributed by atoms with E-state index in [1.807, 2.05) is 0 Å². The molecule has 16 heavy (non-hydrogen) atoms. The Kier molecular flexibility index (Phi) is 3.10. The molecule has 1 aromatic rings. The van der Waals surface area contributed by atoms with Crippen LogP contribution in [0.4, 0.5) is 10.1 Å². The van der Waals surface area contributed by atoms with Crippen molar-refractivity contribution in [2.45, 2.75) is 24.6 Å². The standard InChI is InChI=1S/C11H11ClFNO2/c12-10(7-1-2-7)6-8-5-9(13)3-4-11(8)14(15)16/h3-5,7,10H,1-2,6H2. The lowest BCUT2D eigenvalue weighted by Crippen LogP contribution is -2.08. The van der Waals surface area contributed by atoms with Gasteiger partial charge in [0.05, 0.1) is 4.92 Å². The lowest BCUT2D eigenvalue weighted by molar-refractivity contribution is -0.385. The summed E-state index contributed by atoms with van der Waals surface area (Å²) in [6.45, 7) is 0. The van der Waals surface area contributed by atoms with Gasteiger partial charge in [-0.1, -0.05) is 0 Å². The van der Waals surface area contributed by atoms with Gasteiger partial charge in [-0.25, -0.2) is 4.39 Å². The number of halogens is 2. The molecule has 0 spiro atoms. The Morgan fingerprint density at radius 3 is 2.81 bits per heavy atom. The molecule has 1 unspecified atom stereocenters. The van der Waals surface area contributed by atoms with E-state index < -0.39 is 10.7 Å². The highest BCUT2D eigenvalue weighted by Crippen LogP contribution is 2.38. The van der Waals surface area contributed by atoms with Crippen molar-refractivity contribution in [2.75, 3.05) is 0 Å². The number of nitro benzene ring substituents is 1. The van der Waals surface area contributed by atoms with E-state index in [0.717, 1.165) is 18.9 Å². The number of nitrogens with zero attached hydrogens (tertiary/aromatic N) is 1. The molecule has 0 N–H and O–H groups in total. The summed E-state index contributed by atoms with van der Waals surface area (Å²) in [5.41, 5.74) is 0.338. The molecule has 1 aliphatic carbocycles. The van der Waals surface area contributed by atoms with E-state index in [9.17, 15) is 14.5 Å². The maximum Gasteiger partial charge on any atom is 0.272 e. The van der Waals surface area contributed by atoms with Crippen LogP contribution in [0.2, 0.25) is 0 Å². The normalized spacial score (nSPS) is 17.1. The third kappa shape index (κ3) is 2.50. The maximum absolute atomic E-state index is 13.0. The van der Waals surface area contributed by atoms with Crippen LogP contribution in [0.5, 0.6) is 0 Å². The minimum atomic E-state index is -0.495. The highest BCUT2D eigenvalue weighted by Gasteiger charge is 2.31. The van der Waals surface area contributed by atoms with Crippen molar-refractivity contribution in [3.63, 3.8) is 0 Å². The van der Waals surface area contributed by atoms with E-state index in [0.29, 0.717) is 17.9 Å². The minimum absolute atomic E-state index is 0.0484. The SMILES string of the molecule is O=[N+]([O-])c1ccc(F)cc1CC(Cl)C1CC1. The van der Waals surface area contributed by atoms with Crippen LogP contribution >= 0.6 is 11.6 Å². The fraction of sp³-hybridized carbons (Fsp3) is 0.455. The molecule has 0 bridgehead atoms. The fourth-order valence-electron chi connectivity index (χ4n) is 1.73. The van der Waals surface area contributed by atoms with Crippen molar-refractivity contribution in [2.24, 2.45) is 5.92 Å². The Labute approximate surface area is 97.4 Å². The molecule has 0 aliphatic heterocycles. The second-order valence-corrected chi connectivity index (χ2v) is 4.65. The minimum Gasteiger partial charge on any atom is -0.258 e. The summed E-state index contributed by atoms with van der Waals surface area (Å²) in [6, 6.07) is 3.50. The Hall–Kier alpha value is -1.16. The first kappa shape index (κ1) is 11.3. The molecule has 0 amide bonds. The van der Waals surface area contributed by atoms with Crippen LogP contribution in [-0.2, 0) is 6.42 Å². The first-order chi connectivity index (χ1) is 7.58. The van der Waals surface area contributed by atoms with Gasteiger partial charge in [0.15, 0.2) is 0 Å². The van der Waals surface area contributed by atoms with E-state index in [1.54, 1.807) is 0 Å². The number of hydrogen-bond donors (Lipinski definition) is 0. The van der Waals surface area contributed by atoms with Gasteiger partial charge in [0.25, 0.3) is 5.69 Å². The predicted molar refractivity (Wildman–Crippen MR) is 59.1 cm³/mol. The first-order valence-electron chi connectivity index (χ1n) is 5.15. The van der Waals surface area contributed by atoms with Crippen LogP contribution in [-0.4, -0.2) is 10.3 Å². The highest BCUT2D eigenvalue weighted by molar-refractivity contribution is 6.21. The van der Waals surface area contributed by atoms with E-state index >= 15 is 0 Å². The lowest BCUT2D eigenvalue weighted by atomic mass is 10.0. The number of hydrogen-bond acceptors (Lipinski definition) is 2. The van der Waals surface area contributed by atoms with Crippen molar-refractivity contribution in [1.82, 2.24) is 0 Å². The van der Waals surface area contributed by atoms with Crippen LogP contribution in [0.3, 0.4) is 0 Å². The van der Waals surface area contributed by atoms with Crippen molar-refractivity contribution in [3.8, 4) is 0 Å². The average Bonchev–Trinajstić information content (AvgIpc) is 2.99. The molecule has 86 valence electrons. The van der Waals surface area contributed by atoms with E-state index in [1.165, 1.54) is 12.1 Å². The van der Waals surface area contributed by atoms with Crippen LogP contribution in [0.25, 0.3) is 0 Å². The van der Waals surface area contributed by atoms with Crippen molar-refractivity contribution in [1.29, 1.82) is 0 Å². The quantitative estimate of drug-likeness (QED) is 0.463. The highest BCUT2D eigenvalue weighted by atomic mass is 35.5. The van der Waals surface area contributed by atoms with Gasteiger partial charge in [-0.05, 0) is 37.3 Å². The van der Waals surface area contributed by atoms with Gasteiger partial charge in [-0.3, -0.25) is 10.1 Å². The molecule has 1 aliphatic rings. The second-order valence-electron chi connectivity index (χ2n) is 4.09. The van der Waals surface area contributed by atoms with Gasteiger partial charge >= 0.3 is 0 Å². The zero-order valence-electron chi connectivity index (χ0n) is 8.53. The third-order valence-corrected chi connectivity index (χ3v) is 3.30. The number of nitro groups is 1. The van der Waals surface area contributed by atoms with Gasteiger partial charge < -0.3 is 0 Å². The molecular formula is C11H11ClFNO2. The summed E-state index contributed by atoms with van der Waals surface area (Å²) < 4.78 is 13.0. The third-order valence-electron chi connectivity index (χ3n) is 2.79. The number of rotatable bonds is 4. The molecule has 1 atom stereocenters. The van der Waals surface area contributed by atoms with Gasteiger partial charge in [-0.2, -0.15) is 0 Å². The van der Waals surface area contributed by atoms with E-state index in [-0.39, 0.29) is 11.1 Å². The molecule has 0 radical (unpaired) electrons. The predicted octanol–water partition coefficient (Wildman–Crippen LogP) is 3.29. The maximum atomic E-state index is 13.0. The smallest absolute Gasteiger partial charge is 0.258 e. The van der Waals surface area contributed by atoms with Crippen LogP contribution in [0.15, 0.2) is 18.2 Å². The Morgan fingerprint density at radius 2 is 2.25 bits per heavy atom. The summed E-state index contributed by atoms with van der Waals surface area (Å²) in [5, 5.41) is 10.6. The monoisotopic (exact) mass is 243 g/mol.